The molecule has 1 aromatic rings. The Kier molecular flexibility index (Phi) is 4.24. The highest BCUT2D eigenvalue weighted by atomic mass is 35.5. The number of hydrogen-bond acceptors (Lipinski definition) is 2. The molecule has 0 saturated carbocycles. The Balaban J connectivity index is 2.75. The first-order chi connectivity index (χ1) is 9.99. The molecule has 0 radical (unpaired) electrons. The minimum absolute atomic E-state index is 0.0534. The van der Waals surface area contributed by atoms with Gasteiger partial charge in [-0.15, -0.1) is 0 Å². The van der Waals surface area contributed by atoms with E-state index in [-0.39, 0.29) is 23.3 Å². The summed E-state index contributed by atoms with van der Waals surface area (Å²) < 4.78 is 39.6. The van der Waals surface area contributed by atoms with Crippen molar-refractivity contribution < 1.29 is 18.0 Å². The number of carbonyl (C=O) groups excluding carboxylic acids is 1. The SMILES string of the molecule is CC1CC(C)(C)N(C(C)Cl)c2cc(C(F)(F)F)c(C=O)cc21. The van der Waals surface area contributed by atoms with E-state index >= 15 is 0 Å². The lowest BCUT2D eigenvalue weighted by atomic mass is 9.79. The summed E-state index contributed by atoms with van der Waals surface area (Å²) in [6, 6.07) is 2.42. The van der Waals surface area contributed by atoms with Crippen molar-refractivity contribution in [1.29, 1.82) is 0 Å². The molecule has 0 amide bonds. The summed E-state index contributed by atoms with van der Waals surface area (Å²) in [6.07, 6.45) is -3.55. The maximum absolute atomic E-state index is 13.2. The van der Waals surface area contributed by atoms with E-state index in [1.54, 1.807) is 11.8 Å². The number of hydrogen-bond donors (Lipinski definition) is 0. The van der Waals surface area contributed by atoms with Crippen molar-refractivity contribution >= 4 is 23.6 Å². The van der Waals surface area contributed by atoms with Gasteiger partial charge < -0.3 is 4.90 Å². The van der Waals surface area contributed by atoms with Gasteiger partial charge in [0.2, 0.25) is 0 Å². The van der Waals surface area contributed by atoms with Gasteiger partial charge in [0.1, 0.15) is 5.50 Å². The Morgan fingerprint density at radius 1 is 1.41 bits per heavy atom. The second-order valence-electron chi connectivity index (χ2n) is 6.48. The molecule has 0 bridgehead atoms. The fourth-order valence-electron chi connectivity index (χ4n) is 3.53. The topological polar surface area (TPSA) is 20.3 Å². The normalized spacial score (nSPS) is 22.2. The summed E-state index contributed by atoms with van der Waals surface area (Å²) in [5.41, 5.74) is -0.844. The van der Waals surface area contributed by atoms with Gasteiger partial charge >= 0.3 is 6.18 Å². The Bertz CT molecular complexity index is 596. The highest BCUT2D eigenvalue weighted by Crippen LogP contribution is 2.47. The fourth-order valence-corrected chi connectivity index (χ4v) is 3.90. The third-order valence-electron chi connectivity index (χ3n) is 4.24. The van der Waals surface area contributed by atoms with Gasteiger partial charge in [-0.3, -0.25) is 4.79 Å². The van der Waals surface area contributed by atoms with Crippen molar-refractivity contribution in [1.82, 2.24) is 0 Å². The molecule has 0 aromatic heterocycles. The van der Waals surface area contributed by atoms with Gasteiger partial charge in [0.15, 0.2) is 6.29 Å². The third kappa shape index (κ3) is 2.83. The van der Waals surface area contributed by atoms with Gasteiger partial charge in [-0.2, -0.15) is 13.2 Å². The number of anilines is 1. The molecule has 0 N–H and O–H groups in total. The van der Waals surface area contributed by atoms with Crippen LogP contribution in [0.4, 0.5) is 18.9 Å². The maximum Gasteiger partial charge on any atom is 0.417 e. The number of benzene rings is 1. The maximum atomic E-state index is 13.2. The minimum atomic E-state index is -4.57. The van der Waals surface area contributed by atoms with Crippen molar-refractivity contribution in [2.24, 2.45) is 0 Å². The van der Waals surface area contributed by atoms with Crippen molar-refractivity contribution in [2.45, 2.75) is 57.2 Å². The van der Waals surface area contributed by atoms with Gasteiger partial charge in [0.25, 0.3) is 0 Å². The Labute approximate surface area is 133 Å². The first kappa shape index (κ1) is 17.1. The number of carbonyl (C=O) groups is 1. The zero-order chi connectivity index (χ0) is 16.9. The van der Waals surface area contributed by atoms with Gasteiger partial charge in [-0.05, 0) is 50.8 Å². The van der Waals surface area contributed by atoms with Gasteiger partial charge in [-0.1, -0.05) is 18.5 Å². The molecule has 1 aliphatic heterocycles. The van der Waals surface area contributed by atoms with E-state index < -0.39 is 17.2 Å². The highest BCUT2D eigenvalue weighted by Gasteiger charge is 2.41. The van der Waals surface area contributed by atoms with Crippen LogP contribution in [0.5, 0.6) is 0 Å². The average Bonchev–Trinajstić information content (AvgIpc) is 2.34. The number of nitrogens with zero attached hydrogens (tertiary/aromatic N) is 1. The van der Waals surface area contributed by atoms with E-state index in [0.717, 1.165) is 18.1 Å². The second kappa shape index (κ2) is 5.44. The van der Waals surface area contributed by atoms with Crippen LogP contribution in [0.15, 0.2) is 12.1 Å². The molecule has 0 spiro atoms. The molecule has 0 saturated heterocycles. The Morgan fingerprint density at radius 3 is 2.45 bits per heavy atom. The number of aldehydes is 1. The highest BCUT2D eigenvalue weighted by molar-refractivity contribution is 6.21. The van der Waals surface area contributed by atoms with Crippen molar-refractivity contribution in [2.75, 3.05) is 4.90 Å². The summed E-state index contributed by atoms with van der Waals surface area (Å²) in [5, 5.41) is 0. The van der Waals surface area contributed by atoms with Gasteiger partial charge in [0, 0.05) is 16.8 Å². The van der Waals surface area contributed by atoms with Crippen LogP contribution in [-0.4, -0.2) is 17.3 Å². The van der Waals surface area contributed by atoms with Crippen LogP contribution in [0.3, 0.4) is 0 Å². The van der Waals surface area contributed by atoms with Crippen LogP contribution in [0, 0.1) is 0 Å². The van der Waals surface area contributed by atoms with Crippen molar-refractivity contribution in [3.8, 4) is 0 Å². The molecular weight excluding hydrogens is 315 g/mol. The smallest absolute Gasteiger partial charge is 0.350 e. The molecule has 0 aliphatic carbocycles. The number of rotatable bonds is 2. The average molecular weight is 334 g/mol. The molecule has 6 heteroatoms. The van der Waals surface area contributed by atoms with Crippen molar-refractivity contribution in [3.05, 3.63) is 28.8 Å². The first-order valence-corrected chi connectivity index (χ1v) is 7.56. The second-order valence-corrected chi connectivity index (χ2v) is 7.11. The lowest BCUT2D eigenvalue weighted by Crippen LogP contribution is -2.51. The molecule has 1 heterocycles. The summed E-state index contributed by atoms with van der Waals surface area (Å²) in [6.45, 7) is 7.63. The molecule has 1 aliphatic rings. The molecule has 2 atom stereocenters. The fraction of sp³-hybridized carbons (Fsp3) is 0.562. The molecule has 2 nitrogen and oxygen atoms in total. The number of halogens is 4. The van der Waals surface area contributed by atoms with Gasteiger partial charge in [-0.25, -0.2) is 0 Å². The van der Waals surface area contributed by atoms with E-state index in [9.17, 15) is 18.0 Å². The van der Waals surface area contributed by atoms with E-state index in [2.05, 4.69) is 0 Å². The zero-order valence-electron chi connectivity index (χ0n) is 13.0. The lowest BCUT2D eigenvalue weighted by Gasteiger charge is -2.49. The van der Waals surface area contributed by atoms with E-state index in [4.69, 9.17) is 11.6 Å². The van der Waals surface area contributed by atoms with Crippen LogP contribution in [-0.2, 0) is 6.18 Å². The summed E-state index contributed by atoms with van der Waals surface area (Å²) in [5.74, 6) is 0.0534. The lowest BCUT2D eigenvalue weighted by molar-refractivity contribution is -0.137. The van der Waals surface area contributed by atoms with Crippen LogP contribution in [0.25, 0.3) is 0 Å². The monoisotopic (exact) mass is 333 g/mol. The molecular formula is C16H19ClF3NO. The first-order valence-electron chi connectivity index (χ1n) is 7.12. The van der Waals surface area contributed by atoms with E-state index in [0.29, 0.717) is 5.69 Å². The summed E-state index contributed by atoms with van der Waals surface area (Å²) >= 11 is 6.23. The van der Waals surface area contributed by atoms with Crippen LogP contribution in [0.2, 0.25) is 0 Å². The third-order valence-corrected chi connectivity index (χ3v) is 4.43. The largest absolute Gasteiger partial charge is 0.417 e. The van der Waals surface area contributed by atoms with Crippen molar-refractivity contribution in [3.63, 3.8) is 0 Å². The zero-order valence-corrected chi connectivity index (χ0v) is 13.7. The minimum Gasteiger partial charge on any atom is -0.350 e. The quantitative estimate of drug-likeness (QED) is 0.421. The number of alkyl halides is 4. The van der Waals surface area contributed by atoms with Crippen LogP contribution < -0.4 is 4.90 Å². The predicted octanol–water partition coefficient (Wildman–Crippen LogP) is 5.19. The van der Waals surface area contributed by atoms with E-state index in [1.165, 1.54) is 6.07 Å². The Morgan fingerprint density at radius 2 is 2.00 bits per heavy atom. The molecule has 122 valence electrons. The van der Waals surface area contributed by atoms with Gasteiger partial charge in [0.05, 0.1) is 5.56 Å². The van der Waals surface area contributed by atoms with E-state index in [1.807, 2.05) is 20.8 Å². The molecule has 22 heavy (non-hydrogen) atoms. The standard InChI is InChI=1S/C16H19ClF3NO/c1-9-7-15(3,4)21(10(2)17)14-6-13(16(18,19)20)11(8-22)5-12(9)14/h5-6,8-10H,7H2,1-4H3. The molecule has 0 fully saturated rings. The summed E-state index contributed by atoms with van der Waals surface area (Å²) in [7, 11) is 0. The van der Waals surface area contributed by atoms with Crippen LogP contribution in [0.1, 0.15) is 61.5 Å². The summed E-state index contributed by atoms with van der Waals surface area (Å²) in [4.78, 5) is 12.9. The predicted molar refractivity (Wildman–Crippen MR) is 81.7 cm³/mol. The molecule has 1 aromatic carbocycles. The Hall–Kier alpha value is -1.23. The molecule has 2 rings (SSSR count). The molecule has 2 unspecified atom stereocenters. The number of fused-ring (bicyclic) bond motifs is 1. The van der Waals surface area contributed by atoms with Crippen LogP contribution >= 0.6 is 11.6 Å².